The van der Waals surface area contributed by atoms with Gasteiger partial charge in [-0.05, 0) is 12.1 Å². The van der Waals surface area contributed by atoms with Crippen LogP contribution < -0.4 is 16.2 Å². The molecule has 0 fully saturated rings. The van der Waals surface area contributed by atoms with Crippen LogP contribution in [0.2, 0.25) is 0 Å². The molecule has 0 aromatic heterocycles. The van der Waals surface area contributed by atoms with Gasteiger partial charge in [-0.2, -0.15) is 17.6 Å². The number of hydrogen-bond acceptors (Lipinski definition) is 4. The van der Waals surface area contributed by atoms with Crippen LogP contribution in [0.5, 0.6) is 5.75 Å². The van der Waals surface area contributed by atoms with Gasteiger partial charge in [0.1, 0.15) is 5.75 Å². The Morgan fingerprint density at radius 2 is 1.95 bits per heavy atom. The Labute approximate surface area is 114 Å². The predicted molar refractivity (Wildman–Crippen MR) is 62.3 cm³/mol. The Balaban J connectivity index is 0.000000885. The lowest BCUT2D eigenvalue weighted by Gasteiger charge is -2.16. The Morgan fingerprint density at radius 1 is 1.43 bits per heavy atom. The van der Waals surface area contributed by atoms with Crippen LogP contribution in [0.3, 0.4) is 0 Å². The molecule has 0 radical (unpaired) electrons. The number of nitrogens with zero attached hydrogens (tertiary/aromatic N) is 2. The first-order valence-electron chi connectivity index (χ1n) is 4.92. The van der Waals surface area contributed by atoms with Gasteiger partial charge in [0.25, 0.3) is 5.09 Å². The minimum atomic E-state index is -4.56. The van der Waals surface area contributed by atoms with Crippen molar-refractivity contribution in [2.75, 3.05) is 0 Å². The van der Waals surface area contributed by atoms with Crippen molar-refractivity contribution in [3.63, 3.8) is 0 Å². The van der Waals surface area contributed by atoms with Gasteiger partial charge >= 0.3 is 12.5 Å². The molecule has 0 saturated heterocycles. The van der Waals surface area contributed by atoms with Gasteiger partial charge in [0.05, 0.1) is 5.69 Å². The highest BCUT2D eigenvalue weighted by Crippen LogP contribution is 2.29. The lowest BCUT2D eigenvalue weighted by molar-refractivity contribution is -0.742. The van der Waals surface area contributed by atoms with Crippen molar-refractivity contribution in [3.05, 3.63) is 34.4 Å². The zero-order chi connectivity index (χ0) is 16.6. The van der Waals surface area contributed by atoms with Gasteiger partial charge in [-0.25, -0.2) is 4.99 Å². The normalized spacial score (nSPS) is 10.3. The second kappa shape index (κ2) is 7.72. The lowest BCUT2D eigenvalue weighted by atomic mass is 10.3. The molecule has 0 aliphatic heterocycles. The average Bonchev–Trinajstić information content (AvgIpc) is 2.26. The fourth-order valence-electron chi connectivity index (χ4n) is 0.967. The van der Waals surface area contributed by atoms with Crippen molar-refractivity contribution in [1.29, 1.82) is 0 Å². The summed E-state index contributed by atoms with van der Waals surface area (Å²) in [5, 5.41) is 13.6. The van der Waals surface area contributed by atoms with Gasteiger partial charge in [-0.1, -0.05) is 6.07 Å². The van der Waals surface area contributed by atoms with E-state index in [0.717, 1.165) is 12.1 Å². The summed E-state index contributed by atoms with van der Waals surface area (Å²) in [6.07, 6.45) is -8.48. The molecular formula is C9H10F4N4O4. The minimum Gasteiger partial charge on any atom is -0.428 e. The average molecular weight is 314 g/mol. The number of ether oxygens (including phenoxy) is 1. The smallest absolute Gasteiger partial charge is 0.428 e. The third-order valence-corrected chi connectivity index (χ3v) is 1.58. The quantitative estimate of drug-likeness (QED) is 0.253. The molecule has 118 valence electrons. The van der Waals surface area contributed by atoms with E-state index in [4.69, 9.17) is 26.8 Å². The van der Waals surface area contributed by atoms with E-state index in [2.05, 4.69) is 9.73 Å². The Hall–Kier alpha value is -2.79. The van der Waals surface area contributed by atoms with E-state index in [-0.39, 0.29) is 11.6 Å². The number of guanidine groups is 1. The molecule has 8 nitrogen and oxygen atoms in total. The third-order valence-electron chi connectivity index (χ3n) is 1.58. The number of hydrogen-bond donors (Lipinski definition) is 3. The predicted octanol–water partition coefficient (Wildman–Crippen LogP) is 1.48. The van der Waals surface area contributed by atoms with Crippen LogP contribution in [-0.4, -0.2) is 28.8 Å². The zero-order valence-corrected chi connectivity index (χ0v) is 10.1. The van der Waals surface area contributed by atoms with Gasteiger partial charge in [-0.15, -0.1) is 10.1 Å². The Morgan fingerprint density at radius 3 is 2.38 bits per heavy atom. The zero-order valence-electron chi connectivity index (χ0n) is 10.1. The van der Waals surface area contributed by atoms with Gasteiger partial charge in [0, 0.05) is 6.07 Å². The summed E-state index contributed by atoms with van der Waals surface area (Å²) >= 11 is 0. The Kier molecular flexibility index (Phi) is 6.69. The van der Waals surface area contributed by atoms with E-state index < -0.39 is 23.4 Å². The van der Waals surface area contributed by atoms with Gasteiger partial charge in [0.15, 0.2) is 5.96 Å². The summed E-state index contributed by atoms with van der Waals surface area (Å²) in [7, 11) is 0. The van der Waals surface area contributed by atoms with Crippen molar-refractivity contribution in [2.45, 2.75) is 12.5 Å². The van der Waals surface area contributed by atoms with Crippen molar-refractivity contribution in [2.24, 2.45) is 16.5 Å². The maximum Gasteiger partial charge on any atom is 0.461 e. The molecule has 0 bridgehead atoms. The second-order valence-corrected chi connectivity index (χ2v) is 3.24. The van der Waals surface area contributed by atoms with Gasteiger partial charge < -0.3 is 21.4 Å². The standard InChI is InChI=1S/C9H9F4N3O.HNO3/c10-7(11)9(12,13)17-6-3-1-2-5(4-6)16-8(14)15;2-1(3)4/h1-4,7H,(H4,14,15,16);(H,2,3,4). The van der Waals surface area contributed by atoms with Crippen molar-refractivity contribution in [1.82, 2.24) is 0 Å². The van der Waals surface area contributed by atoms with Gasteiger partial charge in [0.2, 0.25) is 0 Å². The minimum absolute atomic E-state index is 0.118. The monoisotopic (exact) mass is 314 g/mol. The molecule has 0 saturated carbocycles. The SMILES string of the molecule is NC(N)=Nc1cccc(OC(F)(F)C(F)F)c1.O=[N+]([O-])O. The molecule has 1 aromatic rings. The molecule has 5 N–H and O–H groups in total. The van der Waals surface area contributed by atoms with Crippen LogP contribution in [-0.2, 0) is 0 Å². The molecular weight excluding hydrogens is 304 g/mol. The summed E-state index contributed by atoms with van der Waals surface area (Å²) in [5.41, 5.74) is 10.3. The molecule has 1 aromatic carbocycles. The molecule has 12 heteroatoms. The summed E-state index contributed by atoms with van der Waals surface area (Å²) in [6, 6.07) is 4.78. The first kappa shape index (κ1) is 18.2. The van der Waals surface area contributed by atoms with Crippen molar-refractivity contribution >= 4 is 11.6 Å². The van der Waals surface area contributed by atoms with Crippen LogP contribution in [0.25, 0.3) is 0 Å². The van der Waals surface area contributed by atoms with Gasteiger partial charge in [-0.3, -0.25) is 0 Å². The van der Waals surface area contributed by atoms with E-state index in [1.54, 1.807) is 0 Å². The highest BCUT2D eigenvalue weighted by molar-refractivity contribution is 5.79. The van der Waals surface area contributed by atoms with Crippen LogP contribution >= 0.6 is 0 Å². The molecule has 0 spiro atoms. The largest absolute Gasteiger partial charge is 0.461 e. The molecule has 21 heavy (non-hydrogen) atoms. The molecule has 0 unspecified atom stereocenters. The summed E-state index contributed by atoms with van der Waals surface area (Å²) in [5.74, 6) is -0.749. The van der Waals surface area contributed by atoms with Crippen molar-refractivity contribution < 1.29 is 32.6 Å². The number of benzene rings is 1. The van der Waals surface area contributed by atoms with E-state index in [1.807, 2.05) is 0 Å². The molecule has 0 aliphatic rings. The summed E-state index contributed by atoms with van der Waals surface area (Å²) in [4.78, 5) is 11.9. The lowest BCUT2D eigenvalue weighted by Crippen LogP contribution is -2.33. The van der Waals surface area contributed by atoms with Crippen LogP contribution in [0.1, 0.15) is 0 Å². The summed E-state index contributed by atoms with van der Waals surface area (Å²) in [6.45, 7) is 0. The molecule has 0 aliphatic carbocycles. The Bertz CT molecular complexity index is 504. The molecule has 0 amide bonds. The van der Waals surface area contributed by atoms with E-state index in [1.165, 1.54) is 12.1 Å². The van der Waals surface area contributed by atoms with Crippen LogP contribution in [0, 0.1) is 10.1 Å². The molecule has 1 rings (SSSR count). The first-order valence-corrected chi connectivity index (χ1v) is 4.92. The number of alkyl halides is 4. The van der Waals surface area contributed by atoms with Crippen molar-refractivity contribution in [3.8, 4) is 5.75 Å². The number of nitrogens with two attached hydrogens (primary N) is 2. The number of aliphatic imine (C=N–C) groups is 1. The topological polar surface area (TPSA) is 137 Å². The fraction of sp³-hybridized carbons (Fsp3) is 0.222. The van der Waals surface area contributed by atoms with E-state index in [9.17, 15) is 17.6 Å². The van der Waals surface area contributed by atoms with Crippen LogP contribution in [0.15, 0.2) is 29.3 Å². The molecule has 0 atom stereocenters. The number of halogens is 4. The highest BCUT2D eigenvalue weighted by atomic mass is 19.3. The number of rotatable bonds is 4. The third kappa shape index (κ3) is 8.07. The van der Waals surface area contributed by atoms with E-state index in [0.29, 0.717) is 0 Å². The highest BCUT2D eigenvalue weighted by Gasteiger charge is 2.43. The fourth-order valence-corrected chi connectivity index (χ4v) is 0.967. The maximum absolute atomic E-state index is 12.6. The second-order valence-electron chi connectivity index (χ2n) is 3.24. The van der Waals surface area contributed by atoms with Crippen LogP contribution in [0.4, 0.5) is 23.2 Å². The van der Waals surface area contributed by atoms with E-state index >= 15 is 0 Å². The maximum atomic E-state index is 12.6. The summed E-state index contributed by atoms with van der Waals surface area (Å²) < 4.78 is 52.7. The molecule has 0 heterocycles. The first-order chi connectivity index (χ1) is 9.54.